The van der Waals surface area contributed by atoms with Crippen LogP contribution in [0.4, 0.5) is 0 Å². The molecular formula is C15H18O3. The summed E-state index contributed by atoms with van der Waals surface area (Å²) in [5.74, 6) is 0.405. The van der Waals surface area contributed by atoms with Crippen LogP contribution in [0.2, 0.25) is 0 Å². The highest BCUT2D eigenvalue weighted by Gasteiger charge is 2.33. The van der Waals surface area contributed by atoms with Crippen LogP contribution in [0, 0.1) is 5.92 Å². The Morgan fingerprint density at radius 2 is 2.28 bits per heavy atom. The third-order valence-corrected chi connectivity index (χ3v) is 3.27. The van der Waals surface area contributed by atoms with Crippen molar-refractivity contribution in [3.63, 3.8) is 0 Å². The van der Waals surface area contributed by atoms with Crippen LogP contribution in [0.25, 0.3) is 0 Å². The van der Waals surface area contributed by atoms with Crippen molar-refractivity contribution in [3.8, 4) is 5.75 Å². The molecular weight excluding hydrogens is 228 g/mol. The number of hydrogen-bond acceptors (Lipinski definition) is 3. The maximum Gasteiger partial charge on any atom is 0.309 e. The molecule has 0 saturated carbocycles. The first-order valence-corrected chi connectivity index (χ1v) is 6.21. The lowest BCUT2D eigenvalue weighted by molar-refractivity contribution is -0.148. The predicted octanol–water partition coefficient (Wildman–Crippen LogP) is 2.92. The van der Waals surface area contributed by atoms with Gasteiger partial charge in [0.15, 0.2) is 0 Å². The zero-order chi connectivity index (χ0) is 13.1. The van der Waals surface area contributed by atoms with Gasteiger partial charge < -0.3 is 9.47 Å². The highest BCUT2D eigenvalue weighted by Crippen LogP contribution is 2.40. The summed E-state index contributed by atoms with van der Waals surface area (Å²) in [6, 6.07) is 7.79. The minimum absolute atomic E-state index is 0.0194. The van der Waals surface area contributed by atoms with Crippen LogP contribution in [0.5, 0.6) is 5.75 Å². The Hall–Kier alpha value is -1.77. The Kier molecular flexibility index (Phi) is 3.70. The van der Waals surface area contributed by atoms with E-state index in [1.807, 2.05) is 38.1 Å². The number of carbonyl (C=O) groups is 1. The second-order valence-electron chi connectivity index (χ2n) is 4.50. The summed E-state index contributed by atoms with van der Waals surface area (Å²) in [4.78, 5) is 11.9. The number of hydrogen-bond donors (Lipinski definition) is 0. The maximum atomic E-state index is 11.9. The molecule has 0 amide bonds. The standard InChI is InChI=1S/C15H18O3/c1-4-17-15(16)11(3)14-10(2)9-18-13-8-6-5-7-12(13)14/h5-8,11,14H,2,4,9H2,1,3H3/t11-,14?/m0/s1. The van der Waals surface area contributed by atoms with Gasteiger partial charge in [0.1, 0.15) is 12.4 Å². The fourth-order valence-electron chi connectivity index (χ4n) is 2.38. The van der Waals surface area contributed by atoms with Crippen molar-refractivity contribution in [1.82, 2.24) is 0 Å². The van der Waals surface area contributed by atoms with E-state index in [1.54, 1.807) is 0 Å². The molecule has 0 radical (unpaired) electrons. The van der Waals surface area contributed by atoms with E-state index >= 15 is 0 Å². The molecule has 3 heteroatoms. The smallest absolute Gasteiger partial charge is 0.309 e. The molecule has 0 spiro atoms. The summed E-state index contributed by atoms with van der Waals surface area (Å²) >= 11 is 0. The van der Waals surface area contributed by atoms with E-state index in [-0.39, 0.29) is 17.8 Å². The van der Waals surface area contributed by atoms with Gasteiger partial charge in [0.05, 0.1) is 12.5 Å². The van der Waals surface area contributed by atoms with Gasteiger partial charge in [0, 0.05) is 11.5 Å². The first-order valence-electron chi connectivity index (χ1n) is 6.21. The third-order valence-electron chi connectivity index (χ3n) is 3.27. The maximum absolute atomic E-state index is 11.9. The Morgan fingerprint density at radius 1 is 1.56 bits per heavy atom. The van der Waals surface area contributed by atoms with Gasteiger partial charge in [-0.1, -0.05) is 31.7 Å². The highest BCUT2D eigenvalue weighted by molar-refractivity contribution is 5.74. The Morgan fingerprint density at radius 3 is 3.00 bits per heavy atom. The SMILES string of the molecule is C=C1COc2ccccc2C1[C@H](C)C(=O)OCC. The van der Waals surface area contributed by atoms with Gasteiger partial charge in [0.2, 0.25) is 0 Å². The van der Waals surface area contributed by atoms with Crippen molar-refractivity contribution in [2.45, 2.75) is 19.8 Å². The fraction of sp³-hybridized carbons (Fsp3) is 0.400. The molecule has 1 aliphatic heterocycles. The lowest BCUT2D eigenvalue weighted by atomic mass is 9.80. The molecule has 1 aromatic rings. The van der Waals surface area contributed by atoms with E-state index in [9.17, 15) is 4.79 Å². The van der Waals surface area contributed by atoms with E-state index in [0.717, 1.165) is 16.9 Å². The lowest BCUT2D eigenvalue weighted by Crippen LogP contribution is -2.28. The van der Waals surface area contributed by atoms with Crippen molar-refractivity contribution in [3.05, 3.63) is 42.0 Å². The van der Waals surface area contributed by atoms with Crippen LogP contribution in [-0.2, 0) is 9.53 Å². The molecule has 2 rings (SSSR count). The van der Waals surface area contributed by atoms with Crippen molar-refractivity contribution >= 4 is 5.97 Å². The number of para-hydroxylation sites is 1. The number of fused-ring (bicyclic) bond motifs is 1. The Labute approximate surface area is 107 Å². The topological polar surface area (TPSA) is 35.5 Å². The summed E-state index contributed by atoms with van der Waals surface area (Å²) in [6.45, 7) is 8.59. The summed E-state index contributed by atoms with van der Waals surface area (Å²) in [7, 11) is 0. The van der Waals surface area contributed by atoms with Crippen molar-refractivity contribution in [2.75, 3.05) is 13.2 Å². The monoisotopic (exact) mass is 246 g/mol. The van der Waals surface area contributed by atoms with Gasteiger partial charge in [-0.3, -0.25) is 4.79 Å². The van der Waals surface area contributed by atoms with Gasteiger partial charge in [-0.15, -0.1) is 0 Å². The fourth-order valence-corrected chi connectivity index (χ4v) is 2.38. The second kappa shape index (κ2) is 5.25. The molecule has 1 heterocycles. The van der Waals surface area contributed by atoms with Crippen LogP contribution >= 0.6 is 0 Å². The molecule has 1 aliphatic rings. The largest absolute Gasteiger partial charge is 0.489 e. The molecule has 2 atom stereocenters. The Bertz CT molecular complexity index is 465. The van der Waals surface area contributed by atoms with E-state index in [1.165, 1.54) is 0 Å². The van der Waals surface area contributed by atoms with E-state index in [0.29, 0.717) is 13.2 Å². The van der Waals surface area contributed by atoms with Gasteiger partial charge >= 0.3 is 5.97 Å². The summed E-state index contributed by atoms with van der Waals surface area (Å²) in [5, 5.41) is 0. The van der Waals surface area contributed by atoms with E-state index in [2.05, 4.69) is 6.58 Å². The van der Waals surface area contributed by atoms with Gasteiger partial charge in [-0.2, -0.15) is 0 Å². The first kappa shape index (κ1) is 12.7. The molecule has 1 aromatic carbocycles. The predicted molar refractivity (Wildman–Crippen MR) is 69.6 cm³/mol. The van der Waals surface area contributed by atoms with Crippen molar-refractivity contribution in [2.24, 2.45) is 5.92 Å². The van der Waals surface area contributed by atoms with Crippen LogP contribution < -0.4 is 4.74 Å². The van der Waals surface area contributed by atoms with Crippen molar-refractivity contribution < 1.29 is 14.3 Å². The third kappa shape index (κ3) is 2.26. The average Bonchev–Trinajstić information content (AvgIpc) is 2.38. The normalized spacial score (nSPS) is 19.7. The summed E-state index contributed by atoms with van der Waals surface area (Å²) < 4.78 is 10.7. The number of rotatable bonds is 3. The van der Waals surface area contributed by atoms with Crippen LogP contribution in [0.15, 0.2) is 36.4 Å². The van der Waals surface area contributed by atoms with Crippen LogP contribution in [-0.4, -0.2) is 19.2 Å². The second-order valence-corrected chi connectivity index (χ2v) is 4.50. The minimum Gasteiger partial charge on any atom is -0.489 e. The zero-order valence-electron chi connectivity index (χ0n) is 10.8. The molecule has 0 bridgehead atoms. The van der Waals surface area contributed by atoms with Crippen molar-refractivity contribution in [1.29, 1.82) is 0 Å². The zero-order valence-corrected chi connectivity index (χ0v) is 10.8. The molecule has 0 fully saturated rings. The number of benzene rings is 1. The van der Waals surface area contributed by atoms with Crippen LogP contribution in [0.3, 0.4) is 0 Å². The van der Waals surface area contributed by atoms with Gasteiger partial charge in [-0.05, 0) is 18.6 Å². The summed E-state index contributed by atoms with van der Waals surface area (Å²) in [5.41, 5.74) is 1.95. The summed E-state index contributed by atoms with van der Waals surface area (Å²) in [6.07, 6.45) is 0. The van der Waals surface area contributed by atoms with Gasteiger partial charge in [0.25, 0.3) is 0 Å². The highest BCUT2D eigenvalue weighted by atomic mass is 16.5. The number of carbonyl (C=O) groups excluding carboxylic acids is 1. The first-order chi connectivity index (χ1) is 8.65. The lowest BCUT2D eigenvalue weighted by Gasteiger charge is -2.31. The quantitative estimate of drug-likeness (QED) is 0.607. The Balaban J connectivity index is 2.31. The molecule has 0 aliphatic carbocycles. The number of ether oxygens (including phenoxy) is 2. The molecule has 18 heavy (non-hydrogen) atoms. The van der Waals surface area contributed by atoms with E-state index in [4.69, 9.17) is 9.47 Å². The molecule has 0 saturated heterocycles. The molecule has 0 N–H and O–H groups in total. The molecule has 3 nitrogen and oxygen atoms in total. The minimum atomic E-state index is -0.234. The molecule has 1 unspecified atom stereocenters. The van der Waals surface area contributed by atoms with Gasteiger partial charge in [-0.25, -0.2) is 0 Å². The molecule has 96 valence electrons. The number of esters is 1. The van der Waals surface area contributed by atoms with Crippen LogP contribution in [0.1, 0.15) is 25.3 Å². The average molecular weight is 246 g/mol. The van der Waals surface area contributed by atoms with E-state index < -0.39 is 0 Å². The molecule has 0 aromatic heterocycles.